The van der Waals surface area contributed by atoms with Crippen LogP contribution in [0, 0.1) is 11.3 Å². The minimum Gasteiger partial charge on any atom is -0.353 e. The van der Waals surface area contributed by atoms with E-state index in [4.69, 9.17) is 5.26 Å². The zero-order chi connectivity index (χ0) is 16.3. The standard InChI is InChI=1S/C16H14F3N3/c1-11(12-6-4-3-5-7-12)22(2)14-9-8-13(10-20)15(21-14)16(17,18)19/h3-9,11H,1-2H3. The van der Waals surface area contributed by atoms with Crippen molar-refractivity contribution in [3.05, 3.63) is 59.3 Å². The molecule has 22 heavy (non-hydrogen) atoms. The summed E-state index contributed by atoms with van der Waals surface area (Å²) in [5.74, 6) is 0.169. The van der Waals surface area contributed by atoms with Crippen LogP contribution in [0.15, 0.2) is 42.5 Å². The summed E-state index contributed by atoms with van der Waals surface area (Å²) in [6, 6.07) is 13.4. The highest BCUT2D eigenvalue weighted by molar-refractivity contribution is 5.47. The largest absolute Gasteiger partial charge is 0.434 e. The van der Waals surface area contributed by atoms with Gasteiger partial charge in [-0.15, -0.1) is 0 Å². The maximum Gasteiger partial charge on any atom is 0.434 e. The fraction of sp³-hybridized carbons (Fsp3) is 0.250. The molecule has 0 N–H and O–H groups in total. The third-order valence-electron chi connectivity index (χ3n) is 3.49. The lowest BCUT2D eigenvalue weighted by molar-refractivity contribution is -0.141. The number of anilines is 1. The first-order chi connectivity index (χ1) is 10.3. The van der Waals surface area contributed by atoms with Crippen LogP contribution in [-0.2, 0) is 6.18 Å². The zero-order valence-corrected chi connectivity index (χ0v) is 12.1. The van der Waals surface area contributed by atoms with Crippen molar-refractivity contribution in [3.63, 3.8) is 0 Å². The van der Waals surface area contributed by atoms with E-state index < -0.39 is 17.4 Å². The predicted octanol–water partition coefficient (Wildman–Crippen LogP) is 4.17. The Kier molecular flexibility index (Phi) is 4.36. The molecule has 1 heterocycles. The summed E-state index contributed by atoms with van der Waals surface area (Å²) in [7, 11) is 1.67. The van der Waals surface area contributed by atoms with Crippen LogP contribution in [0.4, 0.5) is 19.0 Å². The van der Waals surface area contributed by atoms with Crippen molar-refractivity contribution in [2.75, 3.05) is 11.9 Å². The van der Waals surface area contributed by atoms with Crippen LogP contribution >= 0.6 is 0 Å². The minimum atomic E-state index is -4.65. The van der Waals surface area contributed by atoms with Crippen LogP contribution < -0.4 is 4.90 Å². The first-order valence-corrected chi connectivity index (χ1v) is 6.60. The molecule has 0 amide bonds. The normalized spacial score (nSPS) is 12.5. The molecule has 1 atom stereocenters. The number of nitriles is 1. The molecule has 0 bridgehead atoms. The van der Waals surface area contributed by atoms with Crippen molar-refractivity contribution in [2.24, 2.45) is 0 Å². The average Bonchev–Trinajstić information content (AvgIpc) is 2.52. The molecule has 0 fully saturated rings. The maximum absolute atomic E-state index is 13.0. The number of hydrogen-bond acceptors (Lipinski definition) is 3. The van der Waals surface area contributed by atoms with Crippen molar-refractivity contribution in [2.45, 2.75) is 19.1 Å². The third-order valence-corrected chi connectivity index (χ3v) is 3.49. The number of halogens is 3. The van der Waals surface area contributed by atoms with E-state index in [9.17, 15) is 13.2 Å². The smallest absolute Gasteiger partial charge is 0.353 e. The summed E-state index contributed by atoms with van der Waals surface area (Å²) in [6.07, 6.45) is -4.65. The van der Waals surface area contributed by atoms with Gasteiger partial charge in [0.2, 0.25) is 0 Å². The molecule has 0 aliphatic heterocycles. The highest BCUT2D eigenvalue weighted by Crippen LogP contribution is 2.33. The van der Waals surface area contributed by atoms with Gasteiger partial charge in [-0.2, -0.15) is 18.4 Å². The Hall–Kier alpha value is -2.55. The summed E-state index contributed by atoms with van der Waals surface area (Å²) in [6.45, 7) is 1.88. The summed E-state index contributed by atoms with van der Waals surface area (Å²) in [4.78, 5) is 5.28. The number of benzene rings is 1. The fourth-order valence-electron chi connectivity index (χ4n) is 2.11. The number of alkyl halides is 3. The van der Waals surface area contributed by atoms with Gasteiger partial charge in [0.05, 0.1) is 11.6 Å². The first kappa shape index (κ1) is 15.8. The van der Waals surface area contributed by atoms with Crippen LogP contribution in [0.25, 0.3) is 0 Å². The average molecular weight is 305 g/mol. The van der Waals surface area contributed by atoms with Crippen molar-refractivity contribution < 1.29 is 13.2 Å². The Labute approximate surface area is 126 Å². The lowest BCUT2D eigenvalue weighted by Crippen LogP contribution is -2.24. The highest BCUT2D eigenvalue weighted by Gasteiger charge is 2.36. The van der Waals surface area contributed by atoms with E-state index in [-0.39, 0.29) is 11.9 Å². The number of aromatic nitrogens is 1. The van der Waals surface area contributed by atoms with Crippen molar-refractivity contribution in [1.82, 2.24) is 4.98 Å². The van der Waals surface area contributed by atoms with E-state index in [2.05, 4.69) is 4.98 Å². The molecular formula is C16H14F3N3. The summed E-state index contributed by atoms with van der Waals surface area (Å²) in [5.41, 5.74) is -0.665. The van der Waals surface area contributed by atoms with E-state index in [1.54, 1.807) is 11.9 Å². The first-order valence-electron chi connectivity index (χ1n) is 6.60. The molecule has 0 aliphatic carbocycles. The number of nitrogens with zero attached hydrogens (tertiary/aromatic N) is 3. The number of hydrogen-bond donors (Lipinski definition) is 0. The van der Waals surface area contributed by atoms with Crippen LogP contribution in [0.2, 0.25) is 0 Å². The molecule has 0 spiro atoms. The molecule has 0 aliphatic rings. The van der Waals surface area contributed by atoms with Gasteiger partial charge < -0.3 is 4.90 Å². The van der Waals surface area contributed by atoms with Gasteiger partial charge in [-0.1, -0.05) is 30.3 Å². The third kappa shape index (κ3) is 3.19. The van der Waals surface area contributed by atoms with Gasteiger partial charge in [0.25, 0.3) is 0 Å². The molecule has 0 saturated carbocycles. The second kappa shape index (κ2) is 6.06. The summed E-state index contributed by atoms with van der Waals surface area (Å²) in [5, 5.41) is 8.79. The second-order valence-corrected chi connectivity index (χ2v) is 4.87. The molecule has 0 saturated heterocycles. The van der Waals surface area contributed by atoms with E-state index in [0.29, 0.717) is 0 Å². The monoisotopic (exact) mass is 305 g/mol. The van der Waals surface area contributed by atoms with Crippen LogP contribution in [0.5, 0.6) is 0 Å². The van der Waals surface area contributed by atoms with Gasteiger partial charge in [-0.05, 0) is 24.6 Å². The van der Waals surface area contributed by atoms with Gasteiger partial charge in [0.1, 0.15) is 11.9 Å². The van der Waals surface area contributed by atoms with E-state index >= 15 is 0 Å². The Morgan fingerprint density at radius 2 is 1.77 bits per heavy atom. The molecule has 1 aromatic heterocycles. The van der Waals surface area contributed by atoms with E-state index in [1.807, 2.05) is 37.3 Å². The van der Waals surface area contributed by atoms with Gasteiger partial charge in [0, 0.05) is 7.05 Å². The molecule has 6 heteroatoms. The SMILES string of the molecule is CC(c1ccccc1)N(C)c1ccc(C#N)c(C(F)(F)F)n1. The van der Waals surface area contributed by atoms with Crippen molar-refractivity contribution in [1.29, 1.82) is 5.26 Å². The van der Waals surface area contributed by atoms with Gasteiger partial charge in [0.15, 0.2) is 5.69 Å². The molecular weight excluding hydrogens is 291 g/mol. The van der Waals surface area contributed by atoms with Crippen molar-refractivity contribution >= 4 is 5.82 Å². The number of pyridine rings is 1. The topological polar surface area (TPSA) is 39.9 Å². The van der Waals surface area contributed by atoms with E-state index in [0.717, 1.165) is 11.6 Å². The molecule has 3 nitrogen and oxygen atoms in total. The Morgan fingerprint density at radius 3 is 2.32 bits per heavy atom. The molecule has 2 aromatic rings. The quantitative estimate of drug-likeness (QED) is 0.854. The second-order valence-electron chi connectivity index (χ2n) is 4.87. The highest BCUT2D eigenvalue weighted by atomic mass is 19.4. The summed E-state index contributed by atoms with van der Waals surface area (Å²) < 4.78 is 38.9. The minimum absolute atomic E-state index is 0.150. The van der Waals surface area contributed by atoms with Crippen LogP contribution in [0.1, 0.15) is 29.8 Å². The van der Waals surface area contributed by atoms with Gasteiger partial charge in [-0.3, -0.25) is 0 Å². The molecule has 1 unspecified atom stereocenters. The number of rotatable bonds is 3. The van der Waals surface area contributed by atoms with Gasteiger partial charge >= 0.3 is 6.18 Å². The lowest BCUT2D eigenvalue weighted by atomic mass is 10.1. The Morgan fingerprint density at radius 1 is 1.14 bits per heavy atom. The van der Waals surface area contributed by atoms with Gasteiger partial charge in [-0.25, -0.2) is 4.98 Å². The van der Waals surface area contributed by atoms with E-state index in [1.165, 1.54) is 12.1 Å². The lowest BCUT2D eigenvalue weighted by Gasteiger charge is -2.27. The fourth-order valence-corrected chi connectivity index (χ4v) is 2.11. The zero-order valence-electron chi connectivity index (χ0n) is 12.1. The molecule has 1 aromatic carbocycles. The Bertz CT molecular complexity index is 690. The Balaban J connectivity index is 2.39. The van der Waals surface area contributed by atoms with Crippen molar-refractivity contribution in [3.8, 4) is 6.07 Å². The maximum atomic E-state index is 13.0. The predicted molar refractivity (Wildman–Crippen MR) is 77.2 cm³/mol. The molecule has 0 radical (unpaired) electrons. The van der Waals surface area contributed by atoms with Crippen LogP contribution in [-0.4, -0.2) is 12.0 Å². The van der Waals surface area contributed by atoms with Crippen LogP contribution in [0.3, 0.4) is 0 Å². The molecule has 2 rings (SSSR count). The molecule has 114 valence electrons. The summed E-state index contributed by atoms with van der Waals surface area (Å²) >= 11 is 0.